The summed E-state index contributed by atoms with van der Waals surface area (Å²) in [5, 5.41) is 3.57. The number of hydrogen-bond donors (Lipinski definition) is 2. The lowest BCUT2D eigenvalue weighted by Gasteiger charge is -2.09. The van der Waals surface area contributed by atoms with E-state index in [1.54, 1.807) is 0 Å². The molecule has 4 aromatic rings. The van der Waals surface area contributed by atoms with Crippen molar-refractivity contribution in [1.29, 1.82) is 0 Å². The van der Waals surface area contributed by atoms with Gasteiger partial charge in [0, 0.05) is 11.3 Å². The molecule has 1 saturated heterocycles. The Hall–Kier alpha value is -3.62. The van der Waals surface area contributed by atoms with Gasteiger partial charge in [-0.25, -0.2) is 15.0 Å². The van der Waals surface area contributed by atoms with Gasteiger partial charge in [-0.3, -0.25) is 15.1 Å². The zero-order chi connectivity index (χ0) is 22.3. The lowest BCUT2D eigenvalue weighted by molar-refractivity contribution is -0.0334. The van der Waals surface area contributed by atoms with Crippen molar-refractivity contribution in [3.63, 3.8) is 0 Å². The summed E-state index contributed by atoms with van der Waals surface area (Å²) in [4.78, 5) is 28.5. The number of aryl methyl sites for hydroxylation is 2. The highest BCUT2D eigenvalue weighted by Gasteiger charge is 2.08. The number of anilines is 2. The molecule has 8 nitrogen and oxygen atoms in total. The molecule has 2 aromatic heterocycles. The Morgan fingerprint density at radius 1 is 0.875 bits per heavy atom. The van der Waals surface area contributed by atoms with E-state index in [1.807, 2.05) is 68.4 Å². The second kappa shape index (κ2) is 10.1. The van der Waals surface area contributed by atoms with Crippen LogP contribution in [0.5, 0.6) is 0 Å². The first-order valence-electron chi connectivity index (χ1n) is 10.4. The minimum absolute atomic E-state index is 0.197. The van der Waals surface area contributed by atoms with Crippen molar-refractivity contribution in [3.05, 3.63) is 76.2 Å². The lowest BCUT2D eigenvalue weighted by Crippen LogP contribution is -2.16. The Morgan fingerprint density at radius 2 is 1.59 bits per heavy atom. The predicted octanol–water partition coefficient (Wildman–Crippen LogP) is 3.77. The molecule has 8 heteroatoms. The zero-order valence-corrected chi connectivity index (χ0v) is 18.1. The monoisotopic (exact) mass is 431 g/mol. The smallest absolute Gasteiger partial charge is 0.260 e. The van der Waals surface area contributed by atoms with Crippen molar-refractivity contribution in [2.24, 2.45) is 0 Å². The molecule has 0 unspecified atom stereocenters. The zero-order valence-electron chi connectivity index (χ0n) is 18.1. The van der Waals surface area contributed by atoms with Gasteiger partial charge >= 0.3 is 0 Å². The third kappa shape index (κ3) is 5.54. The van der Waals surface area contributed by atoms with Gasteiger partial charge in [0.1, 0.15) is 0 Å². The topological polar surface area (TPSA) is 102 Å². The molecule has 32 heavy (non-hydrogen) atoms. The normalized spacial score (nSPS) is 13.3. The summed E-state index contributed by atoms with van der Waals surface area (Å²) >= 11 is 0. The SMILES string of the molecule is C1COCCO1.Cc1ccc2nc(Nc3nc(C)cc(-c4ccccc4)n3)[nH]c(=O)c2c1. The minimum Gasteiger partial charge on any atom is -0.377 e. The molecular weight excluding hydrogens is 406 g/mol. The van der Waals surface area contributed by atoms with Crippen LogP contribution in [0.4, 0.5) is 11.9 Å². The number of rotatable bonds is 3. The van der Waals surface area contributed by atoms with E-state index in [0.29, 0.717) is 22.8 Å². The molecule has 1 aliphatic heterocycles. The number of nitrogens with one attached hydrogen (secondary N) is 2. The van der Waals surface area contributed by atoms with Crippen molar-refractivity contribution in [2.75, 3.05) is 31.7 Å². The Kier molecular flexibility index (Phi) is 6.84. The van der Waals surface area contributed by atoms with Crippen LogP contribution >= 0.6 is 0 Å². The van der Waals surface area contributed by atoms with Gasteiger partial charge in [-0.15, -0.1) is 0 Å². The molecule has 0 radical (unpaired) electrons. The fraction of sp³-hybridized carbons (Fsp3) is 0.250. The van der Waals surface area contributed by atoms with Crippen LogP contribution in [0.2, 0.25) is 0 Å². The molecular formula is C24H25N5O3. The van der Waals surface area contributed by atoms with E-state index < -0.39 is 0 Å². The predicted molar refractivity (Wildman–Crippen MR) is 124 cm³/mol. The van der Waals surface area contributed by atoms with Crippen LogP contribution in [0.1, 0.15) is 11.3 Å². The largest absolute Gasteiger partial charge is 0.377 e. The van der Waals surface area contributed by atoms with Crippen molar-refractivity contribution in [1.82, 2.24) is 19.9 Å². The van der Waals surface area contributed by atoms with Crippen molar-refractivity contribution in [3.8, 4) is 11.3 Å². The maximum Gasteiger partial charge on any atom is 0.260 e. The standard InChI is InChI=1S/C20H17N5O.C4H8O2/c1-12-8-9-16-15(10-12)18(26)24-20(22-16)25-19-21-13(2)11-17(23-19)14-6-4-3-5-7-14;1-2-6-4-3-5-1/h3-11H,1-2H3,(H2,21,22,23,24,25,26);1-4H2. The summed E-state index contributed by atoms with van der Waals surface area (Å²) in [5.41, 5.74) is 4.06. The Bertz CT molecular complexity index is 1240. The first kappa shape index (κ1) is 21.6. The molecule has 0 bridgehead atoms. The highest BCUT2D eigenvalue weighted by atomic mass is 16.6. The molecule has 0 saturated carbocycles. The third-order valence-corrected chi connectivity index (χ3v) is 4.76. The van der Waals surface area contributed by atoms with Crippen LogP contribution in [0.15, 0.2) is 59.4 Å². The molecule has 0 atom stereocenters. The maximum absolute atomic E-state index is 12.3. The average molecular weight is 431 g/mol. The second-order valence-corrected chi connectivity index (χ2v) is 7.37. The summed E-state index contributed by atoms with van der Waals surface area (Å²) in [6, 6.07) is 17.4. The van der Waals surface area contributed by atoms with E-state index in [0.717, 1.165) is 48.9 Å². The van der Waals surface area contributed by atoms with Gasteiger partial charge in [-0.1, -0.05) is 42.0 Å². The maximum atomic E-state index is 12.3. The van der Waals surface area contributed by atoms with Gasteiger partial charge in [-0.05, 0) is 32.0 Å². The Balaban J connectivity index is 0.000000354. The number of ether oxygens (including phenoxy) is 2. The molecule has 2 N–H and O–H groups in total. The Morgan fingerprint density at radius 3 is 2.28 bits per heavy atom. The van der Waals surface area contributed by atoms with Gasteiger partial charge in [-0.2, -0.15) is 0 Å². The van der Waals surface area contributed by atoms with Gasteiger partial charge in [0.25, 0.3) is 5.56 Å². The van der Waals surface area contributed by atoms with Gasteiger partial charge in [0.15, 0.2) is 0 Å². The summed E-state index contributed by atoms with van der Waals surface area (Å²) in [7, 11) is 0. The molecule has 1 fully saturated rings. The summed E-state index contributed by atoms with van der Waals surface area (Å²) in [5.74, 6) is 0.703. The molecule has 0 aliphatic carbocycles. The molecule has 5 rings (SSSR count). The van der Waals surface area contributed by atoms with E-state index >= 15 is 0 Å². The van der Waals surface area contributed by atoms with E-state index in [4.69, 9.17) is 9.47 Å². The lowest BCUT2D eigenvalue weighted by atomic mass is 10.1. The number of nitrogens with zero attached hydrogens (tertiary/aromatic N) is 3. The average Bonchev–Trinajstić information content (AvgIpc) is 2.81. The highest BCUT2D eigenvalue weighted by Crippen LogP contribution is 2.20. The van der Waals surface area contributed by atoms with E-state index in [1.165, 1.54) is 0 Å². The van der Waals surface area contributed by atoms with Crippen LogP contribution in [0.3, 0.4) is 0 Å². The van der Waals surface area contributed by atoms with Crippen LogP contribution in [0.25, 0.3) is 22.2 Å². The van der Waals surface area contributed by atoms with E-state index in [2.05, 4.69) is 25.3 Å². The fourth-order valence-electron chi connectivity index (χ4n) is 3.24. The number of hydrogen-bond acceptors (Lipinski definition) is 7. The van der Waals surface area contributed by atoms with Gasteiger partial charge < -0.3 is 9.47 Å². The fourth-order valence-corrected chi connectivity index (χ4v) is 3.24. The van der Waals surface area contributed by atoms with E-state index in [9.17, 15) is 4.79 Å². The number of benzene rings is 2. The molecule has 2 aromatic carbocycles. The van der Waals surface area contributed by atoms with Crippen molar-refractivity contribution >= 4 is 22.8 Å². The molecule has 0 amide bonds. The highest BCUT2D eigenvalue weighted by molar-refractivity contribution is 5.79. The van der Waals surface area contributed by atoms with Crippen molar-refractivity contribution < 1.29 is 9.47 Å². The van der Waals surface area contributed by atoms with Crippen LogP contribution in [-0.2, 0) is 9.47 Å². The van der Waals surface area contributed by atoms with E-state index in [-0.39, 0.29) is 5.56 Å². The number of aromatic nitrogens is 4. The van der Waals surface area contributed by atoms with Crippen LogP contribution < -0.4 is 10.9 Å². The third-order valence-electron chi connectivity index (χ3n) is 4.76. The van der Waals surface area contributed by atoms with Gasteiger partial charge in [0.2, 0.25) is 11.9 Å². The van der Waals surface area contributed by atoms with Crippen LogP contribution in [-0.4, -0.2) is 46.4 Å². The summed E-state index contributed by atoms with van der Waals surface area (Å²) in [6.07, 6.45) is 0. The minimum atomic E-state index is -0.197. The van der Waals surface area contributed by atoms with Crippen molar-refractivity contribution in [2.45, 2.75) is 13.8 Å². The molecule has 0 spiro atoms. The first-order chi connectivity index (χ1) is 15.6. The molecule has 164 valence electrons. The quantitative estimate of drug-likeness (QED) is 0.509. The molecule has 1 aliphatic rings. The second-order valence-electron chi connectivity index (χ2n) is 7.37. The molecule has 3 heterocycles. The first-order valence-corrected chi connectivity index (χ1v) is 10.4. The number of H-pyrrole nitrogens is 1. The van der Waals surface area contributed by atoms with Gasteiger partial charge in [0.05, 0.1) is 43.0 Å². The Labute approximate surface area is 185 Å². The number of aromatic amines is 1. The van der Waals surface area contributed by atoms with Crippen LogP contribution in [0, 0.1) is 13.8 Å². The number of fused-ring (bicyclic) bond motifs is 1. The summed E-state index contributed by atoms with van der Waals surface area (Å²) < 4.78 is 9.89. The summed E-state index contributed by atoms with van der Waals surface area (Å²) in [6.45, 7) is 6.95.